The van der Waals surface area contributed by atoms with Gasteiger partial charge in [-0.2, -0.15) is 0 Å². The Morgan fingerprint density at radius 1 is 1.26 bits per heavy atom. The Morgan fingerprint density at radius 3 is 2.59 bits per heavy atom. The standard InChI is InChI=1S/C21H35O5P/c1-6-17-14-21(5)18-10-9-16(13-20(18,4)12-11-19(21)26-17)15-25-27(22,23-7-2)24-8-3/h6,13,17-19H,1,7-12,14-15H2,2-5H3/t17-,18+,19-,20+,21-/m0/s1. The lowest BCUT2D eigenvalue weighted by atomic mass is 9.51. The van der Waals surface area contributed by atoms with Crippen molar-refractivity contribution in [1.29, 1.82) is 0 Å². The minimum atomic E-state index is -3.46. The van der Waals surface area contributed by atoms with E-state index in [9.17, 15) is 4.57 Å². The van der Waals surface area contributed by atoms with Gasteiger partial charge >= 0.3 is 7.82 Å². The van der Waals surface area contributed by atoms with E-state index in [0.717, 1.165) is 32.1 Å². The largest absolute Gasteiger partial charge is 0.475 e. The molecule has 5 atom stereocenters. The van der Waals surface area contributed by atoms with Crippen LogP contribution in [-0.4, -0.2) is 32.0 Å². The van der Waals surface area contributed by atoms with Crippen LogP contribution in [-0.2, 0) is 22.9 Å². The molecule has 0 spiro atoms. The molecule has 0 bridgehead atoms. The van der Waals surface area contributed by atoms with Gasteiger partial charge in [0.25, 0.3) is 0 Å². The average molecular weight is 398 g/mol. The zero-order valence-electron chi connectivity index (χ0n) is 17.2. The fourth-order valence-electron chi connectivity index (χ4n) is 5.66. The second kappa shape index (κ2) is 8.12. The van der Waals surface area contributed by atoms with Gasteiger partial charge in [-0.15, -0.1) is 6.58 Å². The molecule has 27 heavy (non-hydrogen) atoms. The summed E-state index contributed by atoms with van der Waals surface area (Å²) in [6.07, 6.45) is 10.2. The molecule has 154 valence electrons. The van der Waals surface area contributed by atoms with Crippen molar-refractivity contribution in [3.05, 3.63) is 24.3 Å². The molecule has 6 heteroatoms. The molecule has 0 radical (unpaired) electrons. The predicted octanol–water partition coefficient (Wildman–Crippen LogP) is 5.67. The summed E-state index contributed by atoms with van der Waals surface area (Å²) in [5, 5.41) is 0. The highest BCUT2D eigenvalue weighted by Crippen LogP contribution is 2.62. The minimum Gasteiger partial charge on any atom is -0.370 e. The van der Waals surface area contributed by atoms with Gasteiger partial charge in [0, 0.05) is 5.41 Å². The van der Waals surface area contributed by atoms with Crippen molar-refractivity contribution >= 4 is 7.82 Å². The second-order valence-electron chi connectivity index (χ2n) is 8.60. The summed E-state index contributed by atoms with van der Waals surface area (Å²) in [6, 6.07) is 0. The first-order chi connectivity index (χ1) is 12.8. The maximum absolute atomic E-state index is 12.6. The minimum absolute atomic E-state index is 0.128. The van der Waals surface area contributed by atoms with Gasteiger partial charge < -0.3 is 4.74 Å². The Labute approximate surface area is 164 Å². The molecule has 0 N–H and O–H groups in total. The van der Waals surface area contributed by atoms with Crippen LogP contribution in [0.3, 0.4) is 0 Å². The van der Waals surface area contributed by atoms with Crippen molar-refractivity contribution in [3.63, 3.8) is 0 Å². The first-order valence-corrected chi connectivity index (χ1v) is 11.8. The number of hydrogen-bond donors (Lipinski definition) is 0. The number of phosphoric acid groups is 1. The summed E-state index contributed by atoms with van der Waals surface area (Å²) in [7, 11) is -3.46. The van der Waals surface area contributed by atoms with Crippen molar-refractivity contribution < 1.29 is 22.9 Å². The summed E-state index contributed by atoms with van der Waals surface area (Å²) in [4.78, 5) is 0. The van der Waals surface area contributed by atoms with Gasteiger partial charge in [0.05, 0.1) is 32.0 Å². The number of allylic oxidation sites excluding steroid dienone is 1. The predicted molar refractivity (Wildman–Crippen MR) is 107 cm³/mol. The van der Waals surface area contributed by atoms with E-state index in [1.165, 1.54) is 5.57 Å². The van der Waals surface area contributed by atoms with E-state index < -0.39 is 7.82 Å². The van der Waals surface area contributed by atoms with E-state index in [4.69, 9.17) is 18.3 Å². The Kier molecular flexibility index (Phi) is 6.39. The molecule has 1 saturated heterocycles. The maximum Gasteiger partial charge on any atom is 0.475 e. The zero-order valence-corrected chi connectivity index (χ0v) is 18.1. The van der Waals surface area contributed by atoms with Gasteiger partial charge in [-0.25, -0.2) is 4.57 Å². The number of phosphoric ester groups is 1. The lowest BCUT2D eigenvalue weighted by Crippen LogP contribution is -2.49. The molecule has 0 aromatic carbocycles. The van der Waals surface area contributed by atoms with E-state index in [0.29, 0.717) is 31.8 Å². The van der Waals surface area contributed by atoms with Gasteiger partial charge in [0.2, 0.25) is 0 Å². The average Bonchev–Trinajstić information content (AvgIpc) is 2.96. The summed E-state index contributed by atoms with van der Waals surface area (Å²) >= 11 is 0. The van der Waals surface area contributed by atoms with Crippen LogP contribution < -0.4 is 0 Å². The lowest BCUT2D eigenvalue weighted by molar-refractivity contribution is -0.0699. The molecule has 0 unspecified atom stereocenters. The van der Waals surface area contributed by atoms with Gasteiger partial charge in [-0.3, -0.25) is 13.6 Å². The third-order valence-electron chi connectivity index (χ3n) is 6.79. The number of hydrogen-bond acceptors (Lipinski definition) is 5. The highest BCUT2D eigenvalue weighted by atomic mass is 31.2. The molecule has 2 fully saturated rings. The smallest absolute Gasteiger partial charge is 0.370 e. The van der Waals surface area contributed by atoms with Crippen LogP contribution in [0.25, 0.3) is 0 Å². The topological polar surface area (TPSA) is 54.0 Å². The number of ether oxygens (including phenoxy) is 1. The van der Waals surface area contributed by atoms with Crippen molar-refractivity contribution in [2.75, 3.05) is 19.8 Å². The van der Waals surface area contributed by atoms with E-state index in [1.807, 2.05) is 6.08 Å². The Balaban J connectivity index is 1.72. The molecule has 0 aromatic heterocycles. The fourth-order valence-corrected chi connectivity index (χ4v) is 6.84. The second-order valence-corrected chi connectivity index (χ2v) is 10.3. The normalized spacial score (nSPS) is 38.8. The highest BCUT2D eigenvalue weighted by molar-refractivity contribution is 7.48. The quantitative estimate of drug-likeness (QED) is 0.389. The molecule has 1 aliphatic heterocycles. The van der Waals surface area contributed by atoms with E-state index >= 15 is 0 Å². The van der Waals surface area contributed by atoms with Gasteiger partial charge in [0.15, 0.2) is 0 Å². The van der Waals surface area contributed by atoms with Crippen LogP contribution >= 0.6 is 7.82 Å². The van der Waals surface area contributed by atoms with Gasteiger partial charge in [-0.05, 0) is 62.9 Å². The van der Waals surface area contributed by atoms with E-state index in [1.54, 1.807) is 13.8 Å². The summed E-state index contributed by atoms with van der Waals surface area (Å²) in [5.41, 5.74) is 1.53. The molecule has 0 amide bonds. The number of fused-ring (bicyclic) bond motifs is 3. The molecule has 1 heterocycles. The van der Waals surface area contributed by atoms with E-state index in [2.05, 4.69) is 26.5 Å². The molecular weight excluding hydrogens is 363 g/mol. The summed E-state index contributed by atoms with van der Waals surface area (Å²) in [5.74, 6) is 0.586. The van der Waals surface area contributed by atoms with Crippen molar-refractivity contribution in [1.82, 2.24) is 0 Å². The first kappa shape index (κ1) is 21.3. The van der Waals surface area contributed by atoms with Crippen LogP contribution in [0.4, 0.5) is 0 Å². The van der Waals surface area contributed by atoms with Crippen LogP contribution in [0, 0.1) is 16.7 Å². The molecule has 5 nitrogen and oxygen atoms in total. The van der Waals surface area contributed by atoms with Crippen LogP contribution in [0.2, 0.25) is 0 Å². The molecule has 3 aliphatic rings. The zero-order chi connectivity index (χ0) is 19.7. The van der Waals surface area contributed by atoms with Crippen molar-refractivity contribution in [2.24, 2.45) is 16.7 Å². The Morgan fingerprint density at radius 2 is 1.96 bits per heavy atom. The molecule has 2 aliphatic carbocycles. The molecule has 3 rings (SSSR count). The van der Waals surface area contributed by atoms with Crippen molar-refractivity contribution in [2.45, 2.75) is 72.0 Å². The SMILES string of the molecule is C=C[C@H]1C[C@]2(C)[C@H](CC[C@]3(C)C=C(COP(=O)(OCC)OCC)CC[C@@H]23)O1. The van der Waals surface area contributed by atoms with E-state index in [-0.39, 0.29) is 16.9 Å². The van der Waals surface area contributed by atoms with Crippen LogP contribution in [0.15, 0.2) is 24.3 Å². The van der Waals surface area contributed by atoms with Gasteiger partial charge in [-0.1, -0.05) is 26.0 Å². The van der Waals surface area contributed by atoms with Crippen LogP contribution in [0.1, 0.15) is 59.8 Å². The fraction of sp³-hybridized carbons (Fsp3) is 0.810. The molecule has 0 aromatic rings. The van der Waals surface area contributed by atoms with Gasteiger partial charge in [0.1, 0.15) is 0 Å². The summed E-state index contributed by atoms with van der Waals surface area (Å²) < 4.78 is 34.9. The highest BCUT2D eigenvalue weighted by Gasteiger charge is 2.57. The lowest BCUT2D eigenvalue weighted by Gasteiger charge is -2.54. The third kappa shape index (κ3) is 4.13. The maximum atomic E-state index is 12.6. The first-order valence-electron chi connectivity index (χ1n) is 10.3. The molecular formula is C21H35O5P. The van der Waals surface area contributed by atoms with Crippen LogP contribution in [0.5, 0.6) is 0 Å². The monoisotopic (exact) mass is 398 g/mol. The molecule has 1 saturated carbocycles. The Bertz CT molecular complexity index is 622. The van der Waals surface area contributed by atoms with Crippen molar-refractivity contribution in [3.8, 4) is 0 Å². The Hall–Kier alpha value is -0.450. The summed E-state index contributed by atoms with van der Waals surface area (Å²) in [6.45, 7) is 13.2. The number of rotatable bonds is 8. The third-order valence-corrected chi connectivity index (χ3v) is 8.38.